The maximum Gasteiger partial charge on any atom is 0.0175 e. The zero-order valence-electron chi connectivity index (χ0n) is 13.1. The van der Waals surface area contributed by atoms with E-state index in [9.17, 15) is 0 Å². The van der Waals surface area contributed by atoms with Gasteiger partial charge in [-0.25, -0.2) is 0 Å². The summed E-state index contributed by atoms with van der Waals surface area (Å²) < 4.78 is 1.18. The quantitative estimate of drug-likeness (QED) is 0.784. The van der Waals surface area contributed by atoms with Crippen molar-refractivity contribution in [2.24, 2.45) is 11.8 Å². The van der Waals surface area contributed by atoms with Gasteiger partial charge in [-0.15, -0.1) is 0 Å². The van der Waals surface area contributed by atoms with E-state index in [1.165, 1.54) is 35.7 Å². The van der Waals surface area contributed by atoms with E-state index in [0.29, 0.717) is 5.41 Å². The van der Waals surface area contributed by atoms with Gasteiger partial charge >= 0.3 is 0 Å². The normalized spacial score (nSPS) is 26.9. The maximum atomic E-state index is 3.71. The Kier molecular flexibility index (Phi) is 5.68. The Morgan fingerprint density at radius 3 is 2.35 bits per heavy atom. The van der Waals surface area contributed by atoms with Crippen LogP contribution in [-0.2, 0) is 5.41 Å². The van der Waals surface area contributed by atoms with Crippen molar-refractivity contribution in [3.8, 4) is 0 Å². The summed E-state index contributed by atoms with van der Waals surface area (Å²) in [5.74, 6) is 1.61. The van der Waals surface area contributed by atoms with Crippen LogP contribution >= 0.6 is 15.9 Å². The third kappa shape index (κ3) is 4.08. The Hall–Kier alpha value is -0.340. The lowest BCUT2D eigenvalue weighted by Crippen LogP contribution is -2.42. The molecule has 0 spiro atoms. The van der Waals surface area contributed by atoms with Crippen molar-refractivity contribution in [3.63, 3.8) is 0 Å². The molecule has 0 saturated heterocycles. The molecule has 0 heterocycles. The van der Waals surface area contributed by atoms with Crippen LogP contribution in [0.1, 0.15) is 52.0 Å². The number of hydrogen-bond acceptors (Lipinski definition) is 1. The third-order valence-corrected chi connectivity index (χ3v) is 5.23. The fourth-order valence-electron chi connectivity index (χ4n) is 3.29. The number of halogens is 1. The fourth-order valence-corrected chi connectivity index (χ4v) is 3.55. The van der Waals surface area contributed by atoms with Gasteiger partial charge in [0.05, 0.1) is 0 Å². The fraction of sp³-hybridized carbons (Fsp3) is 0.667. The Labute approximate surface area is 132 Å². The zero-order chi connectivity index (χ0) is 14.6. The van der Waals surface area contributed by atoms with Gasteiger partial charge in [-0.3, -0.25) is 0 Å². The van der Waals surface area contributed by atoms with E-state index < -0.39 is 0 Å². The smallest absolute Gasteiger partial charge is 0.0175 e. The summed E-state index contributed by atoms with van der Waals surface area (Å²) in [5, 5.41) is 3.71. The van der Waals surface area contributed by atoms with Crippen LogP contribution in [0.2, 0.25) is 0 Å². The van der Waals surface area contributed by atoms with Crippen molar-refractivity contribution in [3.05, 3.63) is 34.3 Å². The molecule has 0 aliphatic heterocycles. The average molecular weight is 338 g/mol. The number of benzene rings is 1. The van der Waals surface area contributed by atoms with Crippen molar-refractivity contribution in [1.82, 2.24) is 5.32 Å². The van der Waals surface area contributed by atoms with Gasteiger partial charge in [0.2, 0.25) is 0 Å². The molecule has 0 bridgehead atoms. The highest BCUT2D eigenvalue weighted by atomic mass is 79.9. The van der Waals surface area contributed by atoms with E-state index in [1.54, 1.807) is 0 Å². The van der Waals surface area contributed by atoms with E-state index >= 15 is 0 Å². The predicted octanol–water partition coefficient (Wildman–Crippen LogP) is 5.14. The molecule has 1 aliphatic rings. The number of hydrogen-bond donors (Lipinski definition) is 1. The number of nitrogens with one attached hydrogen (secondary N) is 1. The maximum absolute atomic E-state index is 3.71. The highest BCUT2D eigenvalue weighted by Gasteiger charge is 2.35. The molecule has 1 aromatic carbocycles. The summed E-state index contributed by atoms with van der Waals surface area (Å²) in [6.45, 7) is 9.20. The Morgan fingerprint density at radius 2 is 1.80 bits per heavy atom. The van der Waals surface area contributed by atoms with Gasteiger partial charge in [0.15, 0.2) is 0 Å². The summed E-state index contributed by atoms with van der Waals surface area (Å²) in [6, 6.07) is 9.02. The molecule has 2 heteroatoms. The first-order valence-electron chi connectivity index (χ1n) is 7.98. The minimum absolute atomic E-state index is 0.349. The van der Waals surface area contributed by atoms with Crippen molar-refractivity contribution in [1.29, 1.82) is 0 Å². The first-order chi connectivity index (χ1) is 9.52. The molecule has 0 amide bonds. The minimum Gasteiger partial charge on any atom is -0.316 e. The summed E-state index contributed by atoms with van der Waals surface area (Å²) in [7, 11) is 0. The van der Waals surface area contributed by atoms with Crippen LogP contribution in [0.3, 0.4) is 0 Å². The molecule has 1 saturated carbocycles. The lowest BCUT2D eigenvalue weighted by Gasteiger charge is -2.40. The second kappa shape index (κ2) is 7.09. The van der Waals surface area contributed by atoms with Gasteiger partial charge in [-0.2, -0.15) is 0 Å². The van der Waals surface area contributed by atoms with E-state index in [2.05, 4.69) is 66.3 Å². The van der Waals surface area contributed by atoms with Gasteiger partial charge in [0, 0.05) is 16.4 Å². The first kappa shape index (κ1) is 16.0. The van der Waals surface area contributed by atoms with Crippen LogP contribution < -0.4 is 5.32 Å². The largest absolute Gasteiger partial charge is 0.316 e. The molecule has 1 fully saturated rings. The van der Waals surface area contributed by atoms with Crippen LogP contribution in [-0.4, -0.2) is 13.1 Å². The second-order valence-corrected chi connectivity index (χ2v) is 7.91. The van der Waals surface area contributed by atoms with Gasteiger partial charge in [0.1, 0.15) is 0 Å². The van der Waals surface area contributed by atoms with E-state index in [0.717, 1.165) is 24.9 Å². The summed E-state index contributed by atoms with van der Waals surface area (Å²) in [6.07, 6.45) is 5.36. The van der Waals surface area contributed by atoms with E-state index in [-0.39, 0.29) is 0 Å². The van der Waals surface area contributed by atoms with Crippen molar-refractivity contribution in [2.75, 3.05) is 13.1 Å². The van der Waals surface area contributed by atoms with E-state index in [4.69, 9.17) is 0 Å². The van der Waals surface area contributed by atoms with Gasteiger partial charge in [-0.1, -0.05) is 48.8 Å². The molecule has 0 unspecified atom stereocenters. The Bertz CT molecular complexity index is 402. The van der Waals surface area contributed by atoms with Crippen LogP contribution in [0, 0.1) is 11.8 Å². The topological polar surface area (TPSA) is 12.0 Å². The zero-order valence-corrected chi connectivity index (χ0v) is 14.7. The molecule has 1 nitrogen and oxygen atoms in total. The molecule has 0 radical (unpaired) electrons. The van der Waals surface area contributed by atoms with Crippen LogP contribution in [0.5, 0.6) is 0 Å². The standard InChI is InChI=1S/C18H28BrN/c1-14(2)12-20-13-18(10-8-15(3)9-11-18)16-4-6-17(19)7-5-16/h4-7,14-15,20H,8-13H2,1-3H3. The molecule has 20 heavy (non-hydrogen) atoms. The number of rotatable bonds is 5. The molecule has 2 rings (SSSR count). The summed E-state index contributed by atoms with van der Waals surface area (Å²) >= 11 is 3.55. The molecule has 112 valence electrons. The van der Waals surface area contributed by atoms with Crippen LogP contribution in [0.25, 0.3) is 0 Å². The average Bonchev–Trinajstić information content (AvgIpc) is 2.42. The summed E-state index contributed by atoms with van der Waals surface area (Å²) in [4.78, 5) is 0. The Morgan fingerprint density at radius 1 is 1.20 bits per heavy atom. The molecular weight excluding hydrogens is 310 g/mol. The SMILES string of the molecule is CC(C)CNCC1(c2ccc(Br)cc2)CCC(C)CC1. The lowest BCUT2D eigenvalue weighted by atomic mass is 9.67. The lowest BCUT2D eigenvalue weighted by molar-refractivity contribution is 0.231. The molecule has 0 atom stereocenters. The third-order valence-electron chi connectivity index (χ3n) is 4.70. The highest BCUT2D eigenvalue weighted by Crippen LogP contribution is 2.41. The van der Waals surface area contributed by atoms with E-state index in [1.807, 2.05) is 0 Å². The van der Waals surface area contributed by atoms with Crippen molar-refractivity contribution < 1.29 is 0 Å². The molecular formula is C18H28BrN. The molecule has 0 aromatic heterocycles. The van der Waals surface area contributed by atoms with Crippen LogP contribution in [0.15, 0.2) is 28.7 Å². The van der Waals surface area contributed by atoms with Gasteiger partial charge in [0.25, 0.3) is 0 Å². The van der Waals surface area contributed by atoms with Gasteiger partial charge in [-0.05, 0) is 61.8 Å². The van der Waals surface area contributed by atoms with Crippen LogP contribution in [0.4, 0.5) is 0 Å². The predicted molar refractivity (Wildman–Crippen MR) is 91.2 cm³/mol. The van der Waals surface area contributed by atoms with Crippen molar-refractivity contribution >= 4 is 15.9 Å². The highest BCUT2D eigenvalue weighted by molar-refractivity contribution is 9.10. The van der Waals surface area contributed by atoms with Crippen molar-refractivity contribution in [2.45, 2.75) is 51.9 Å². The first-order valence-corrected chi connectivity index (χ1v) is 8.78. The molecule has 1 N–H and O–H groups in total. The Balaban J connectivity index is 2.13. The minimum atomic E-state index is 0.349. The molecule has 1 aliphatic carbocycles. The molecule has 1 aromatic rings. The van der Waals surface area contributed by atoms with Gasteiger partial charge < -0.3 is 5.32 Å². The second-order valence-electron chi connectivity index (χ2n) is 6.99. The summed E-state index contributed by atoms with van der Waals surface area (Å²) in [5.41, 5.74) is 1.87. The monoisotopic (exact) mass is 337 g/mol.